The van der Waals surface area contributed by atoms with Crippen LogP contribution < -0.4 is 10.1 Å². The van der Waals surface area contributed by atoms with Gasteiger partial charge in [-0.15, -0.1) is 0 Å². The molecule has 0 saturated heterocycles. The molecule has 0 bridgehead atoms. The minimum Gasteiger partial charge on any atom is -0.496 e. The summed E-state index contributed by atoms with van der Waals surface area (Å²) in [7, 11) is 1.58. The molecule has 0 spiro atoms. The maximum Gasteiger partial charge on any atom is 0.255 e. The van der Waals surface area contributed by atoms with Gasteiger partial charge in [0, 0.05) is 18.9 Å². The summed E-state index contributed by atoms with van der Waals surface area (Å²) in [6, 6.07) is 7.59. The van der Waals surface area contributed by atoms with Crippen molar-refractivity contribution in [3.63, 3.8) is 0 Å². The van der Waals surface area contributed by atoms with Crippen molar-refractivity contribution < 1.29 is 9.53 Å². The molecule has 0 aliphatic rings. The summed E-state index contributed by atoms with van der Waals surface area (Å²) in [5, 5.41) is 2.90. The van der Waals surface area contributed by atoms with Gasteiger partial charge in [0.1, 0.15) is 5.75 Å². The molecule has 2 aromatic rings. The van der Waals surface area contributed by atoms with Gasteiger partial charge in [-0.3, -0.25) is 9.78 Å². The Labute approximate surface area is 118 Å². The van der Waals surface area contributed by atoms with Gasteiger partial charge in [-0.1, -0.05) is 6.07 Å². The smallest absolute Gasteiger partial charge is 0.255 e. The first-order valence-corrected chi connectivity index (χ1v) is 6.44. The standard InChI is InChI=1S/C16H18N2O2/c1-11-8-12(2)15(20-3)14(9-11)16(19)18-10-13-4-6-17-7-5-13/h4-9H,10H2,1-3H3,(H,18,19). The summed E-state index contributed by atoms with van der Waals surface area (Å²) in [5.41, 5.74) is 3.58. The summed E-state index contributed by atoms with van der Waals surface area (Å²) < 4.78 is 5.33. The largest absolute Gasteiger partial charge is 0.496 e. The number of hydrogen-bond acceptors (Lipinski definition) is 3. The molecule has 1 heterocycles. The summed E-state index contributed by atoms with van der Waals surface area (Å²) in [6.07, 6.45) is 3.41. The predicted octanol–water partition coefficient (Wildman–Crippen LogP) is 2.64. The Morgan fingerprint density at radius 3 is 2.60 bits per heavy atom. The normalized spacial score (nSPS) is 10.2. The highest BCUT2D eigenvalue weighted by Crippen LogP contribution is 2.24. The Morgan fingerprint density at radius 2 is 1.95 bits per heavy atom. The number of aromatic nitrogens is 1. The number of pyridine rings is 1. The molecule has 1 amide bonds. The van der Waals surface area contributed by atoms with Crippen LogP contribution in [-0.2, 0) is 6.54 Å². The highest BCUT2D eigenvalue weighted by Gasteiger charge is 2.14. The number of nitrogens with zero attached hydrogens (tertiary/aromatic N) is 1. The average molecular weight is 270 g/mol. The van der Waals surface area contributed by atoms with Crippen LogP contribution in [0.2, 0.25) is 0 Å². The van der Waals surface area contributed by atoms with Gasteiger partial charge in [0.25, 0.3) is 5.91 Å². The monoisotopic (exact) mass is 270 g/mol. The maximum absolute atomic E-state index is 12.3. The van der Waals surface area contributed by atoms with Crippen molar-refractivity contribution in [1.82, 2.24) is 10.3 Å². The van der Waals surface area contributed by atoms with Crippen LogP contribution in [0.5, 0.6) is 5.75 Å². The lowest BCUT2D eigenvalue weighted by atomic mass is 10.0. The molecule has 20 heavy (non-hydrogen) atoms. The Kier molecular flexibility index (Phi) is 4.35. The number of ether oxygens (including phenoxy) is 1. The van der Waals surface area contributed by atoms with E-state index in [-0.39, 0.29) is 5.91 Å². The molecular weight excluding hydrogens is 252 g/mol. The molecule has 0 unspecified atom stereocenters. The van der Waals surface area contributed by atoms with E-state index in [1.54, 1.807) is 19.5 Å². The van der Waals surface area contributed by atoms with Gasteiger partial charge >= 0.3 is 0 Å². The molecule has 1 N–H and O–H groups in total. The van der Waals surface area contributed by atoms with Crippen LogP contribution in [0.1, 0.15) is 27.0 Å². The molecule has 2 rings (SSSR count). The first kappa shape index (κ1) is 14.1. The summed E-state index contributed by atoms with van der Waals surface area (Å²) in [6.45, 7) is 4.37. The number of carbonyl (C=O) groups excluding carboxylic acids is 1. The molecule has 104 valence electrons. The van der Waals surface area contributed by atoms with Crippen LogP contribution >= 0.6 is 0 Å². The number of aryl methyl sites for hydroxylation is 2. The van der Waals surface area contributed by atoms with E-state index in [0.717, 1.165) is 16.7 Å². The number of rotatable bonds is 4. The first-order valence-electron chi connectivity index (χ1n) is 6.44. The molecule has 1 aromatic heterocycles. The predicted molar refractivity (Wildman–Crippen MR) is 77.9 cm³/mol. The lowest BCUT2D eigenvalue weighted by Crippen LogP contribution is -2.23. The zero-order chi connectivity index (χ0) is 14.5. The zero-order valence-electron chi connectivity index (χ0n) is 11.9. The van der Waals surface area contributed by atoms with Crippen LogP contribution in [0.4, 0.5) is 0 Å². The van der Waals surface area contributed by atoms with E-state index in [1.165, 1.54) is 0 Å². The zero-order valence-corrected chi connectivity index (χ0v) is 11.9. The second-order valence-electron chi connectivity index (χ2n) is 4.70. The van der Waals surface area contributed by atoms with Gasteiger partial charge in [-0.2, -0.15) is 0 Å². The van der Waals surface area contributed by atoms with Crippen LogP contribution in [0.25, 0.3) is 0 Å². The first-order chi connectivity index (χ1) is 9.61. The van der Waals surface area contributed by atoms with Gasteiger partial charge in [-0.05, 0) is 48.7 Å². The van der Waals surface area contributed by atoms with Gasteiger partial charge < -0.3 is 10.1 Å². The Balaban J connectivity index is 2.17. The lowest BCUT2D eigenvalue weighted by Gasteiger charge is -2.13. The summed E-state index contributed by atoms with van der Waals surface area (Å²) in [5.74, 6) is 0.494. The lowest BCUT2D eigenvalue weighted by molar-refractivity contribution is 0.0947. The number of benzene rings is 1. The Bertz CT molecular complexity index is 609. The van der Waals surface area contributed by atoms with E-state index in [1.807, 2.05) is 38.1 Å². The van der Waals surface area contributed by atoms with E-state index in [0.29, 0.717) is 17.9 Å². The molecule has 4 heteroatoms. The van der Waals surface area contributed by atoms with E-state index in [4.69, 9.17) is 4.74 Å². The fourth-order valence-electron chi connectivity index (χ4n) is 2.17. The summed E-state index contributed by atoms with van der Waals surface area (Å²) in [4.78, 5) is 16.2. The summed E-state index contributed by atoms with van der Waals surface area (Å²) >= 11 is 0. The highest BCUT2D eigenvalue weighted by atomic mass is 16.5. The molecular formula is C16H18N2O2. The van der Waals surface area contributed by atoms with Crippen molar-refractivity contribution in [1.29, 1.82) is 0 Å². The van der Waals surface area contributed by atoms with Gasteiger partial charge in [0.15, 0.2) is 0 Å². The topological polar surface area (TPSA) is 51.2 Å². The highest BCUT2D eigenvalue weighted by molar-refractivity contribution is 5.97. The quantitative estimate of drug-likeness (QED) is 0.929. The Hall–Kier alpha value is -2.36. The number of hydrogen-bond donors (Lipinski definition) is 1. The van der Waals surface area contributed by atoms with Crippen molar-refractivity contribution in [2.24, 2.45) is 0 Å². The molecule has 0 aliphatic heterocycles. The van der Waals surface area contributed by atoms with E-state index in [2.05, 4.69) is 10.3 Å². The number of methoxy groups -OCH3 is 1. The molecule has 1 aromatic carbocycles. The van der Waals surface area contributed by atoms with Crippen molar-refractivity contribution in [2.45, 2.75) is 20.4 Å². The van der Waals surface area contributed by atoms with Crippen LogP contribution in [0.15, 0.2) is 36.7 Å². The van der Waals surface area contributed by atoms with E-state index in [9.17, 15) is 4.79 Å². The number of carbonyl (C=O) groups is 1. The third kappa shape index (κ3) is 3.15. The van der Waals surface area contributed by atoms with Crippen LogP contribution in [0, 0.1) is 13.8 Å². The fraction of sp³-hybridized carbons (Fsp3) is 0.250. The molecule has 4 nitrogen and oxygen atoms in total. The number of amides is 1. The van der Waals surface area contributed by atoms with Crippen LogP contribution in [-0.4, -0.2) is 18.0 Å². The van der Waals surface area contributed by atoms with Crippen molar-refractivity contribution in [3.05, 3.63) is 58.9 Å². The SMILES string of the molecule is COc1c(C)cc(C)cc1C(=O)NCc1ccncc1. The minimum absolute atomic E-state index is 0.134. The molecule has 0 aliphatic carbocycles. The van der Waals surface area contributed by atoms with Crippen molar-refractivity contribution >= 4 is 5.91 Å². The van der Waals surface area contributed by atoms with Gasteiger partial charge in [-0.25, -0.2) is 0 Å². The molecule has 0 fully saturated rings. The van der Waals surface area contributed by atoms with E-state index >= 15 is 0 Å². The Morgan fingerprint density at radius 1 is 1.25 bits per heavy atom. The van der Waals surface area contributed by atoms with Crippen molar-refractivity contribution in [3.8, 4) is 5.75 Å². The maximum atomic E-state index is 12.3. The van der Waals surface area contributed by atoms with E-state index < -0.39 is 0 Å². The van der Waals surface area contributed by atoms with Gasteiger partial charge in [0.05, 0.1) is 12.7 Å². The third-order valence-electron chi connectivity index (χ3n) is 3.07. The average Bonchev–Trinajstić information content (AvgIpc) is 2.45. The third-order valence-corrected chi connectivity index (χ3v) is 3.07. The molecule has 0 saturated carbocycles. The van der Waals surface area contributed by atoms with Crippen molar-refractivity contribution in [2.75, 3.05) is 7.11 Å². The van der Waals surface area contributed by atoms with Crippen LogP contribution in [0.3, 0.4) is 0 Å². The number of nitrogens with one attached hydrogen (secondary N) is 1. The second-order valence-corrected chi connectivity index (χ2v) is 4.70. The fourth-order valence-corrected chi connectivity index (χ4v) is 2.17. The molecule has 0 radical (unpaired) electrons. The second kappa shape index (κ2) is 6.19. The minimum atomic E-state index is -0.134. The van der Waals surface area contributed by atoms with Gasteiger partial charge in [0.2, 0.25) is 0 Å². The molecule has 0 atom stereocenters.